The molecule has 8 heteroatoms. The van der Waals surface area contributed by atoms with E-state index in [1.807, 2.05) is 6.92 Å². The van der Waals surface area contributed by atoms with Crippen LogP contribution >= 0.6 is 0 Å². The SMILES string of the molecule is Cc1ccc(F)c(OCC(=O)N2CCC(O)(Cn3ccnn3)C2)c1. The van der Waals surface area contributed by atoms with Gasteiger partial charge in [-0.2, -0.15) is 0 Å². The minimum Gasteiger partial charge on any atom is -0.481 e. The Morgan fingerprint density at radius 2 is 2.33 bits per heavy atom. The molecule has 1 unspecified atom stereocenters. The lowest BCUT2D eigenvalue weighted by molar-refractivity contribution is -0.133. The maximum atomic E-state index is 13.6. The Labute approximate surface area is 138 Å². The maximum absolute atomic E-state index is 13.6. The summed E-state index contributed by atoms with van der Waals surface area (Å²) in [6, 6.07) is 4.49. The van der Waals surface area contributed by atoms with Crippen LogP contribution in [0.15, 0.2) is 30.6 Å². The Morgan fingerprint density at radius 3 is 3.08 bits per heavy atom. The fraction of sp³-hybridized carbons (Fsp3) is 0.438. The number of ether oxygens (including phenoxy) is 1. The molecule has 1 atom stereocenters. The van der Waals surface area contributed by atoms with Gasteiger partial charge in [-0.3, -0.25) is 4.79 Å². The summed E-state index contributed by atoms with van der Waals surface area (Å²) in [4.78, 5) is 13.8. The van der Waals surface area contributed by atoms with Gasteiger partial charge in [-0.05, 0) is 31.0 Å². The largest absolute Gasteiger partial charge is 0.481 e. The Kier molecular flexibility index (Phi) is 4.48. The van der Waals surface area contributed by atoms with Crippen molar-refractivity contribution in [2.24, 2.45) is 0 Å². The van der Waals surface area contributed by atoms with Gasteiger partial charge < -0.3 is 14.7 Å². The second-order valence-electron chi connectivity index (χ2n) is 6.11. The van der Waals surface area contributed by atoms with Gasteiger partial charge in [0.2, 0.25) is 0 Å². The number of likely N-dealkylation sites (tertiary alicyclic amines) is 1. The second kappa shape index (κ2) is 6.56. The summed E-state index contributed by atoms with van der Waals surface area (Å²) in [7, 11) is 0. The van der Waals surface area contributed by atoms with E-state index in [1.54, 1.807) is 18.3 Å². The number of carbonyl (C=O) groups is 1. The molecule has 0 radical (unpaired) electrons. The number of β-amino-alcohol motifs (C(OH)–C–C–N with tert-alkyl or cyclic N) is 1. The van der Waals surface area contributed by atoms with E-state index in [4.69, 9.17) is 4.74 Å². The van der Waals surface area contributed by atoms with Crippen LogP contribution in [0.25, 0.3) is 0 Å². The van der Waals surface area contributed by atoms with Crippen molar-refractivity contribution < 1.29 is 19.0 Å². The summed E-state index contributed by atoms with van der Waals surface area (Å²) in [5.41, 5.74) is -0.194. The molecule has 1 amide bonds. The van der Waals surface area contributed by atoms with Crippen LogP contribution in [-0.2, 0) is 11.3 Å². The van der Waals surface area contributed by atoms with E-state index in [-0.39, 0.29) is 31.4 Å². The standard InChI is InChI=1S/C16H19FN4O3/c1-12-2-3-13(17)14(8-12)24-9-15(22)20-6-4-16(23,10-20)11-21-7-5-18-19-21/h2-3,5,7-8,23H,4,6,9-11H2,1H3. The highest BCUT2D eigenvalue weighted by Gasteiger charge is 2.38. The monoisotopic (exact) mass is 334 g/mol. The molecule has 1 fully saturated rings. The third-order valence-corrected chi connectivity index (χ3v) is 4.05. The molecule has 1 saturated heterocycles. The Balaban J connectivity index is 1.55. The maximum Gasteiger partial charge on any atom is 0.260 e. The summed E-state index contributed by atoms with van der Waals surface area (Å²) in [6.45, 7) is 2.43. The van der Waals surface area contributed by atoms with Crippen molar-refractivity contribution in [2.75, 3.05) is 19.7 Å². The highest BCUT2D eigenvalue weighted by Crippen LogP contribution is 2.24. The van der Waals surface area contributed by atoms with Crippen molar-refractivity contribution in [3.05, 3.63) is 42.0 Å². The summed E-state index contributed by atoms with van der Waals surface area (Å²) in [5.74, 6) is -0.733. The average molecular weight is 334 g/mol. The topological polar surface area (TPSA) is 80.5 Å². The Morgan fingerprint density at radius 1 is 1.50 bits per heavy atom. The minimum absolute atomic E-state index is 0.0559. The first kappa shape index (κ1) is 16.4. The van der Waals surface area contributed by atoms with Gasteiger partial charge >= 0.3 is 0 Å². The molecule has 0 spiro atoms. The predicted molar refractivity (Wildman–Crippen MR) is 82.8 cm³/mol. The molecule has 2 aromatic rings. The Bertz CT molecular complexity index is 722. The van der Waals surface area contributed by atoms with Gasteiger partial charge in [0.15, 0.2) is 18.2 Å². The molecular formula is C16H19FN4O3. The first-order chi connectivity index (χ1) is 11.5. The molecule has 128 valence electrons. The van der Waals surface area contributed by atoms with Crippen LogP contribution in [0.4, 0.5) is 4.39 Å². The van der Waals surface area contributed by atoms with E-state index < -0.39 is 11.4 Å². The summed E-state index contributed by atoms with van der Waals surface area (Å²) in [6.07, 6.45) is 3.63. The number of halogens is 1. The minimum atomic E-state index is -1.04. The summed E-state index contributed by atoms with van der Waals surface area (Å²) >= 11 is 0. The fourth-order valence-corrected chi connectivity index (χ4v) is 2.77. The molecule has 1 N–H and O–H groups in total. The number of aryl methyl sites for hydroxylation is 1. The summed E-state index contributed by atoms with van der Waals surface area (Å²) < 4.78 is 20.5. The number of hydrogen-bond acceptors (Lipinski definition) is 5. The normalized spacial score (nSPS) is 20.4. The number of benzene rings is 1. The van der Waals surface area contributed by atoms with Crippen molar-refractivity contribution in [3.8, 4) is 5.75 Å². The molecule has 1 aliphatic heterocycles. The van der Waals surface area contributed by atoms with Crippen molar-refractivity contribution in [3.63, 3.8) is 0 Å². The highest BCUT2D eigenvalue weighted by atomic mass is 19.1. The Hall–Kier alpha value is -2.48. The predicted octanol–water partition coefficient (Wildman–Crippen LogP) is 0.768. The highest BCUT2D eigenvalue weighted by molar-refractivity contribution is 5.78. The number of amides is 1. The molecule has 1 aromatic heterocycles. The van der Waals surface area contributed by atoms with E-state index in [1.165, 1.54) is 21.8 Å². The zero-order valence-electron chi connectivity index (χ0n) is 13.4. The van der Waals surface area contributed by atoms with E-state index >= 15 is 0 Å². The number of rotatable bonds is 5. The third-order valence-electron chi connectivity index (χ3n) is 4.05. The molecule has 7 nitrogen and oxygen atoms in total. The molecule has 0 saturated carbocycles. The fourth-order valence-electron chi connectivity index (χ4n) is 2.77. The van der Waals surface area contributed by atoms with Crippen LogP contribution in [0.5, 0.6) is 5.75 Å². The van der Waals surface area contributed by atoms with Crippen molar-refractivity contribution in [1.82, 2.24) is 19.9 Å². The lowest BCUT2D eigenvalue weighted by Crippen LogP contribution is -2.40. The summed E-state index contributed by atoms with van der Waals surface area (Å²) in [5, 5.41) is 18.1. The third kappa shape index (κ3) is 3.70. The first-order valence-electron chi connectivity index (χ1n) is 7.68. The molecule has 24 heavy (non-hydrogen) atoms. The number of hydrogen-bond donors (Lipinski definition) is 1. The van der Waals surface area contributed by atoms with Gasteiger partial charge in [0.1, 0.15) is 5.60 Å². The van der Waals surface area contributed by atoms with Gasteiger partial charge in [-0.15, -0.1) is 5.10 Å². The smallest absolute Gasteiger partial charge is 0.260 e. The van der Waals surface area contributed by atoms with Gasteiger partial charge in [0.05, 0.1) is 19.3 Å². The van der Waals surface area contributed by atoms with E-state index in [2.05, 4.69) is 10.3 Å². The molecular weight excluding hydrogens is 315 g/mol. The van der Waals surface area contributed by atoms with Gasteiger partial charge in [0, 0.05) is 12.7 Å². The molecule has 1 aromatic carbocycles. The number of carbonyl (C=O) groups excluding carboxylic acids is 1. The zero-order chi connectivity index (χ0) is 17.2. The number of aliphatic hydroxyl groups is 1. The average Bonchev–Trinajstić information content (AvgIpc) is 3.18. The molecule has 3 rings (SSSR count). The van der Waals surface area contributed by atoms with Crippen molar-refractivity contribution in [1.29, 1.82) is 0 Å². The van der Waals surface area contributed by atoms with Crippen LogP contribution < -0.4 is 4.74 Å². The van der Waals surface area contributed by atoms with Crippen molar-refractivity contribution >= 4 is 5.91 Å². The van der Waals surface area contributed by atoms with Gasteiger partial charge in [-0.25, -0.2) is 9.07 Å². The first-order valence-corrected chi connectivity index (χ1v) is 7.68. The van der Waals surface area contributed by atoms with Crippen LogP contribution in [0.1, 0.15) is 12.0 Å². The zero-order valence-corrected chi connectivity index (χ0v) is 13.4. The molecule has 0 aliphatic carbocycles. The van der Waals surface area contributed by atoms with Gasteiger partial charge in [0.25, 0.3) is 5.91 Å². The number of aromatic nitrogens is 3. The van der Waals surface area contributed by atoms with Crippen LogP contribution in [0.2, 0.25) is 0 Å². The van der Waals surface area contributed by atoms with Gasteiger partial charge in [-0.1, -0.05) is 11.3 Å². The lowest BCUT2D eigenvalue weighted by atomic mass is 10.0. The van der Waals surface area contributed by atoms with E-state index in [0.717, 1.165) is 5.56 Å². The van der Waals surface area contributed by atoms with Crippen LogP contribution in [0.3, 0.4) is 0 Å². The molecule has 0 bridgehead atoms. The molecule has 1 aliphatic rings. The van der Waals surface area contributed by atoms with Crippen LogP contribution in [-0.4, -0.2) is 56.2 Å². The van der Waals surface area contributed by atoms with E-state index in [9.17, 15) is 14.3 Å². The van der Waals surface area contributed by atoms with E-state index in [0.29, 0.717) is 13.0 Å². The van der Waals surface area contributed by atoms with Crippen LogP contribution in [0, 0.1) is 12.7 Å². The second-order valence-corrected chi connectivity index (χ2v) is 6.11. The lowest BCUT2D eigenvalue weighted by Gasteiger charge is -2.23. The molecule has 2 heterocycles. The van der Waals surface area contributed by atoms with Crippen molar-refractivity contribution in [2.45, 2.75) is 25.5 Å². The quantitative estimate of drug-likeness (QED) is 0.873. The number of nitrogens with zero attached hydrogens (tertiary/aromatic N) is 4.